The molecule has 5 heterocycles. The monoisotopic (exact) mass is 622 g/mol. The third kappa shape index (κ3) is 5.13. The average Bonchev–Trinajstić information content (AvgIpc) is 3.78. The quantitative estimate of drug-likeness (QED) is 0.321. The predicted molar refractivity (Wildman–Crippen MR) is 169 cm³/mol. The van der Waals surface area contributed by atoms with Crippen LogP contribution in [-0.2, 0) is 26.3 Å². The maximum absolute atomic E-state index is 14.5. The summed E-state index contributed by atoms with van der Waals surface area (Å²) in [4.78, 5) is 57.3. The summed E-state index contributed by atoms with van der Waals surface area (Å²) in [5.74, 6) is -0.675. The summed E-state index contributed by atoms with van der Waals surface area (Å²) < 4.78 is 19.8. The van der Waals surface area contributed by atoms with Crippen LogP contribution in [0.2, 0.25) is 0 Å². The molecule has 1 aliphatic carbocycles. The predicted octanol–water partition coefficient (Wildman–Crippen LogP) is 5.30. The Balaban J connectivity index is 1.16. The third-order valence-corrected chi connectivity index (χ3v) is 9.24. The molecule has 3 aliphatic rings. The standard InChI is InChI=1S/C35H35FN6O4/c1-33(2,3)46-32(45)40-35(9-10-35)31(44)41-14-11-34(12-15-41)26-8-13-37-20-28(26)42(30(34)43)21-27-29(23-16-24(36)19-38-17-23)25-7-5-4-6-22(25)18-39-27/h4-8,13,16-20H,9-12,14-15,21H2,1-3H3,(H,40,45). The number of aromatic nitrogens is 3. The Bertz CT molecular complexity index is 1880. The molecule has 10 nitrogen and oxygen atoms in total. The van der Waals surface area contributed by atoms with E-state index in [1.54, 1.807) is 55.4 Å². The molecule has 1 saturated heterocycles. The minimum Gasteiger partial charge on any atom is -0.444 e. The van der Waals surface area contributed by atoms with Crippen LogP contribution in [-0.4, -0.2) is 62.0 Å². The lowest BCUT2D eigenvalue weighted by molar-refractivity contribution is -0.138. The first kappa shape index (κ1) is 29.8. The van der Waals surface area contributed by atoms with Gasteiger partial charge in [-0.1, -0.05) is 24.3 Å². The number of amides is 3. The molecule has 11 heteroatoms. The number of piperidine rings is 1. The Morgan fingerprint density at radius 3 is 2.48 bits per heavy atom. The van der Waals surface area contributed by atoms with Gasteiger partial charge in [0.15, 0.2) is 0 Å². The number of carbonyl (C=O) groups excluding carboxylic acids is 3. The second kappa shape index (κ2) is 10.9. The maximum Gasteiger partial charge on any atom is 0.408 e. The van der Waals surface area contributed by atoms with E-state index in [0.29, 0.717) is 55.7 Å². The SMILES string of the molecule is CC(C)(C)OC(=O)NC1(C(=O)N2CCC3(CC2)C(=O)N(Cc2ncc4ccccc4c2-c2cncc(F)c2)c2cnccc23)CC1. The van der Waals surface area contributed by atoms with Crippen LogP contribution in [0.1, 0.15) is 57.7 Å². The highest BCUT2D eigenvalue weighted by Gasteiger charge is 2.57. The highest BCUT2D eigenvalue weighted by molar-refractivity contribution is 6.08. The van der Waals surface area contributed by atoms with Gasteiger partial charge in [0.25, 0.3) is 0 Å². The van der Waals surface area contributed by atoms with E-state index in [0.717, 1.165) is 28.1 Å². The van der Waals surface area contributed by atoms with E-state index in [-0.39, 0.29) is 18.4 Å². The molecule has 0 bridgehead atoms. The van der Waals surface area contributed by atoms with E-state index in [4.69, 9.17) is 9.72 Å². The van der Waals surface area contributed by atoms with Crippen LogP contribution in [0.15, 0.2) is 67.4 Å². The van der Waals surface area contributed by atoms with Gasteiger partial charge >= 0.3 is 6.09 Å². The normalized spacial score (nSPS) is 18.0. The summed E-state index contributed by atoms with van der Waals surface area (Å²) in [7, 11) is 0. The van der Waals surface area contributed by atoms with Crippen LogP contribution in [0.25, 0.3) is 21.9 Å². The fourth-order valence-electron chi connectivity index (χ4n) is 6.88. The number of anilines is 1. The molecule has 2 fully saturated rings. The van der Waals surface area contributed by atoms with E-state index < -0.39 is 28.5 Å². The second-order valence-electron chi connectivity index (χ2n) is 13.4. The van der Waals surface area contributed by atoms with Gasteiger partial charge in [-0.15, -0.1) is 0 Å². The highest BCUT2D eigenvalue weighted by Crippen LogP contribution is 2.49. The Labute approximate surface area is 266 Å². The Morgan fingerprint density at radius 2 is 1.76 bits per heavy atom. The van der Waals surface area contributed by atoms with E-state index in [2.05, 4.69) is 15.3 Å². The molecular weight excluding hydrogens is 587 g/mol. The van der Waals surface area contributed by atoms with Crippen LogP contribution in [0.3, 0.4) is 0 Å². The first-order valence-corrected chi connectivity index (χ1v) is 15.5. The van der Waals surface area contributed by atoms with Gasteiger partial charge in [0.2, 0.25) is 11.8 Å². The van der Waals surface area contributed by atoms with Crippen LogP contribution < -0.4 is 10.2 Å². The molecule has 1 saturated carbocycles. The molecule has 3 aromatic heterocycles. The van der Waals surface area contributed by atoms with Gasteiger partial charge in [0.1, 0.15) is 17.0 Å². The molecule has 7 rings (SSSR count). The molecule has 1 N–H and O–H groups in total. The number of nitrogens with zero attached hydrogens (tertiary/aromatic N) is 5. The summed E-state index contributed by atoms with van der Waals surface area (Å²) in [6, 6.07) is 11.1. The molecule has 4 aromatic rings. The number of carbonyl (C=O) groups is 3. The molecular formula is C35H35FN6O4. The minimum absolute atomic E-state index is 0.0751. The molecule has 1 aromatic carbocycles. The topological polar surface area (TPSA) is 118 Å². The number of ether oxygens (including phenoxy) is 1. The van der Waals surface area contributed by atoms with Crippen molar-refractivity contribution in [2.24, 2.45) is 0 Å². The molecule has 0 unspecified atom stereocenters. The van der Waals surface area contributed by atoms with Crippen molar-refractivity contribution in [3.63, 3.8) is 0 Å². The minimum atomic E-state index is -0.954. The maximum atomic E-state index is 14.5. The van der Waals surface area contributed by atoms with Gasteiger partial charge in [-0.3, -0.25) is 24.5 Å². The Morgan fingerprint density at radius 1 is 1.00 bits per heavy atom. The van der Waals surface area contributed by atoms with Crippen molar-refractivity contribution in [3.05, 3.63) is 84.5 Å². The number of likely N-dealkylation sites (tertiary alicyclic amines) is 1. The zero-order chi connectivity index (χ0) is 32.3. The van der Waals surface area contributed by atoms with E-state index in [1.807, 2.05) is 30.3 Å². The van der Waals surface area contributed by atoms with Crippen LogP contribution in [0, 0.1) is 5.82 Å². The summed E-state index contributed by atoms with van der Waals surface area (Å²) in [6.07, 6.45) is 9.29. The lowest BCUT2D eigenvalue weighted by Crippen LogP contribution is -2.56. The number of fused-ring (bicyclic) bond motifs is 3. The number of nitrogens with one attached hydrogen (secondary N) is 1. The molecule has 2 aliphatic heterocycles. The summed E-state index contributed by atoms with van der Waals surface area (Å²) in [5, 5.41) is 4.58. The Hall–Kier alpha value is -4.93. The fraction of sp³-hybridized carbons (Fsp3) is 0.371. The summed E-state index contributed by atoms with van der Waals surface area (Å²) in [6.45, 7) is 6.23. The van der Waals surface area contributed by atoms with Gasteiger partial charge in [-0.25, -0.2) is 9.18 Å². The molecule has 236 valence electrons. The van der Waals surface area contributed by atoms with Crippen LogP contribution >= 0.6 is 0 Å². The average molecular weight is 623 g/mol. The molecule has 0 atom stereocenters. The van der Waals surface area contributed by atoms with Crippen molar-refractivity contribution >= 4 is 34.4 Å². The second-order valence-corrected chi connectivity index (χ2v) is 13.4. The first-order chi connectivity index (χ1) is 22.0. The summed E-state index contributed by atoms with van der Waals surface area (Å²) >= 11 is 0. The van der Waals surface area contributed by atoms with Crippen molar-refractivity contribution in [1.29, 1.82) is 0 Å². The largest absolute Gasteiger partial charge is 0.444 e. The zero-order valence-electron chi connectivity index (χ0n) is 26.0. The van der Waals surface area contributed by atoms with Gasteiger partial charge in [0.05, 0.1) is 35.7 Å². The van der Waals surface area contributed by atoms with Gasteiger partial charge in [-0.05, 0) is 69.5 Å². The van der Waals surface area contributed by atoms with Crippen LogP contribution in [0.5, 0.6) is 0 Å². The number of rotatable bonds is 5. The van der Waals surface area contributed by atoms with Crippen molar-refractivity contribution in [3.8, 4) is 11.1 Å². The van der Waals surface area contributed by atoms with E-state index in [9.17, 15) is 18.8 Å². The molecule has 46 heavy (non-hydrogen) atoms. The van der Waals surface area contributed by atoms with E-state index >= 15 is 0 Å². The van der Waals surface area contributed by atoms with E-state index in [1.165, 1.54) is 6.07 Å². The number of hydrogen-bond donors (Lipinski definition) is 1. The van der Waals surface area contributed by atoms with Crippen LogP contribution in [0.4, 0.5) is 14.9 Å². The lowest BCUT2D eigenvalue weighted by atomic mass is 9.74. The summed E-state index contributed by atoms with van der Waals surface area (Å²) in [5.41, 5.74) is 1.03. The van der Waals surface area contributed by atoms with Gasteiger partial charge in [-0.2, -0.15) is 0 Å². The first-order valence-electron chi connectivity index (χ1n) is 15.5. The van der Waals surface area contributed by atoms with Crippen molar-refractivity contribution < 1.29 is 23.5 Å². The number of hydrogen-bond acceptors (Lipinski definition) is 7. The fourth-order valence-corrected chi connectivity index (χ4v) is 6.88. The number of pyridine rings is 3. The zero-order valence-corrected chi connectivity index (χ0v) is 26.0. The van der Waals surface area contributed by atoms with Gasteiger partial charge < -0.3 is 19.9 Å². The number of halogens is 1. The van der Waals surface area contributed by atoms with Crippen molar-refractivity contribution in [2.45, 2.75) is 69.6 Å². The van der Waals surface area contributed by atoms with Gasteiger partial charge in [0, 0.05) is 48.2 Å². The third-order valence-electron chi connectivity index (χ3n) is 9.24. The molecule has 3 amide bonds. The van der Waals surface area contributed by atoms with Crippen molar-refractivity contribution in [1.82, 2.24) is 25.2 Å². The van der Waals surface area contributed by atoms with Crippen molar-refractivity contribution in [2.75, 3.05) is 18.0 Å². The number of benzene rings is 1. The lowest BCUT2D eigenvalue weighted by Gasteiger charge is -2.40. The number of alkyl carbamates (subject to hydrolysis) is 1. The smallest absolute Gasteiger partial charge is 0.408 e. The Kier molecular flexibility index (Phi) is 7.02. The highest BCUT2D eigenvalue weighted by atomic mass is 19.1. The molecule has 1 spiro atoms. The molecule has 0 radical (unpaired) electrons.